The second kappa shape index (κ2) is 8.85. The molecule has 144 valence electrons. The Kier molecular flexibility index (Phi) is 6.79. The number of nitro benzene ring substituents is 1. The Hall–Kier alpha value is -2.61. The van der Waals surface area contributed by atoms with Crippen LogP contribution in [0.25, 0.3) is 0 Å². The molecule has 0 N–H and O–H groups in total. The Morgan fingerprint density at radius 2 is 1.74 bits per heavy atom. The minimum Gasteiger partial charge on any atom is -0.453 e. The molecule has 10 heteroatoms. The van der Waals surface area contributed by atoms with Gasteiger partial charge in [-0.25, -0.2) is 9.18 Å². The number of hydrogen-bond acceptors (Lipinski definition) is 7. The number of nitro groups is 1. The molecule has 0 bridgehead atoms. The van der Waals surface area contributed by atoms with Crippen molar-refractivity contribution in [2.24, 2.45) is 0 Å². The average molecular weight is 397 g/mol. The van der Waals surface area contributed by atoms with Gasteiger partial charge in [-0.1, -0.05) is 12.1 Å². The quantitative estimate of drug-likeness (QED) is 0.286. The summed E-state index contributed by atoms with van der Waals surface area (Å²) in [6.45, 7) is 0. The zero-order chi connectivity index (χ0) is 20.0. The number of esters is 1. The molecule has 2 rings (SSSR count). The fourth-order valence-corrected chi connectivity index (χ4v) is 3.41. The maximum Gasteiger partial charge on any atom is 0.341 e. The van der Waals surface area contributed by atoms with Crippen LogP contribution in [0.2, 0.25) is 0 Å². The van der Waals surface area contributed by atoms with Gasteiger partial charge < -0.3 is 13.8 Å². The van der Waals surface area contributed by atoms with Crippen molar-refractivity contribution >= 4 is 19.3 Å². The molecule has 2 aromatic carbocycles. The molecule has 1 atom stereocenters. The maximum absolute atomic E-state index is 13.8. The highest BCUT2D eigenvalue weighted by molar-refractivity contribution is 7.53. The summed E-state index contributed by atoms with van der Waals surface area (Å²) >= 11 is 0. The van der Waals surface area contributed by atoms with Crippen molar-refractivity contribution in [3.05, 3.63) is 75.6 Å². The molecule has 2 aromatic rings. The Morgan fingerprint density at radius 1 is 1.15 bits per heavy atom. The van der Waals surface area contributed by atoms with E-state index in [2.05, 4.69) is 0 Å². The van der Waals surface area contributed by atoms with Crippen molar-refractivity contribution < 1.29 is 32.5 Å². The van der Waals surface area contributed by atoms with Crippen molar-refractivity contribution in [1.82, 2.24) is 0 Å². The third kappa shape index (κ3) is 5.19. The minimum atomic E-state index is -3.60. The van der Waals surface area contributed by atoms with Gasteiger partial charge in [0.1, 0.15) is 11.9 Å². The van der Waals surface area contributed by atoms with Gasteiger partial charge in [-0.05, 0) is 29.8 Å². The lowest BCUT2D eigenvalue weighted by Gasteiger charge is -2.22. The number of benzene rings is 2. The average Bonchev–Trinajstić information content (AvgIpc) is 2.67. The highest BCUT2D eigenvalue weighted by atomic mass is 31.2. The van der Waals surface area contributed by atoms with E-state index in [0.717, 1.165) is 6.07 Å². The van der Waals surface area contributed by atoms with Crippen molar-refractivity contribution in [3.8, 4) is 0 Å². The number of ether oxygens (including phenoxy) is 1. The Bertz CT molecular complexity index is 864. The predicted molar refractivity (Wildman–Crippen MR) is 94.1 cm³/mol. The van der Waals surface area contributed by atoms with Gasteiger partial charge in [-0.15, -0.1) is 0 Å². The van der Waals surface area contributed by atoms with Crippen LogP contribution in [-0.4, -0.2) is 31.3 Å². The van der Waals surface area contributed by atoms with E-state index in [-0.39, 0.29) is 17.4 Å². The van der Waals surface area contributed by atoms with E-state index in [0.29, 0.717) is 5.56 Å². The summed E-state index contributed by atoms with van der Waals surface area (Å²) in [6, 6.07) is 10.4. The van der Waals surface area contributed by atoms with E-state index in [9.17, 15) is 23.9 Å². The van der Waals surface area contributed by atoms with E-state index in [1.165, 1.54) is 56.7 Å². The third-order valence-electron chi connectivity index (χ3n) is 3.76. The topological polar surface area (TPSA) is 105 Å². The molecule has 0 heterocycles. The molecule has 0 unspecified atom stereocenters. The first kappa shape index (κ1) is 20.7. The fourth-order valence-electron chi connectivity index (χ4n) is 2.27. The summed E-state index contributed by atoms with van der Waals surface area (Å²) in [6.07, 6.45) is -1.48. The molecule has 0 aliphatic rings. The molecule has 27 heavy (non-hydrogen) atoms. The number of carbonyl (C=O) groups is 1. The van der Waals surface area contributed by atoms with Crippen LogP contribution in [0, 0.1) is 15.9 Å². The number of halogens is 1. The smallest absolute Gasteiger partial charge is 0.341 e. The summed E-state index contributed by atoms with van der Waals surface area (Å²) in [4.78, 5) is 22.6. The Balaban J connectivity index is 2.34. The van der Waals surface area contributed by atoms with Crippen LogP contribution in [0.1, 0.15) is 22.0 Å². The van der Waals surface area contributed by atoms with E-state index in [4.69, 9.17) is 13.8 Å². The van der Waals surface area contributed by atoms with Gasteiger partial charge in [0, 0.05) is 26.4 Å². The number of nitrogens with zero attached hydrogens (tertiary/aromatic N) is 1. The minimum absolute atomic E-state index is 0.167. The molecule has 0 saturated carbocycles. The third-order valence-corrected chi connectivity index (χ3v) is 5.66. The van der Waals surface area contributed by atoms with Crippen LogP contribution < -0.4 is 0 Å². The van der Waals surface area contributed by atoms with Gasteiger partial charge in [0.15, 0.2) is 0 Å². The largest absolute Gasteiger partial charge is 0.453 e. The van der Waals surface area contributed by atoms with Gasteiger partial charge in [0.2, 0.25) is 0 Å². The fraction of sp³-hybridized carbons (Fsp3) is 0.235. The first-order valence-corrected chi connectivity index (χ1v) is 9.43. The van der Waals surface area contributed by atoms with Crippen molar-refractivity contribution in [2.75, 3.05) is 20.4 Å². The van der Waals surface area contributed by atoms with Gasteiger partial charge in [0.05, 0.1) is 16.6 Å². The molecule has 0 aromatic heterocycles. The van der Waals surface area contributed by atoms with E-state index in [1.807, 2.05) is 0 Å². The highest BCUT2D eigenvalue weighted by Crippen LogP contribution is 2.50. The van der Waals surface area contributed by atoms with Crippen molar-refractivity contribution in [2.45, 2.75) is 6.10 Å². The van der Waals surface area contributed by atoms with Crippen LogP contribution in [0.5, 0.6) is 0 Å². The summed E-state index contributed by atoms with van der Waals surface area (Å²) in [5.41, 5.74) is -0.145. The lowest BCUT2D eigenvalue weighted by molar-refractivity contribution is -0.384. The maximum atomic E-state index is 13.8. The number of hydrogen-bond donors (Lipinski definition) is 0. The second-order valence-electron chi connectivity index (χ2n) is 5.38. The van der Waals surface area contributed by atoms with Crippen LogP contribution in [0.3, 0.4) is 0 Å². The van der Waals surface area contributed by atoms with Gasteiger partial charge in [-0.3, -0.25) is 14.7 Å². The van der Waals surface area contributed by atoms with Crippen LogP contribution in [0.15, 0.2) is 48.5 Å². The molecular formula is C17H17FNO7P. The molecular weight excluding hydrogens is 380 g/mol. The standard InChI is InChI=1S/C17H17FNO7P/c1-24-27(23,25-2)11-16(12-7-9-13(10-8-12)19(21)22)26-17(20)14-5-3-4-6-15(14)18/h3-10,16H,11H2,1-2H3/t16-/m1/s1. The van der Waals surface area contributed by atoms with Crippen LogP contribution in [-0.2, 0) is 18.3 Å². The molecule has 0 saturated heterocycles. The molecule has 0 spiro atoms. The molecule has 0 amide bonds. The van der Waals surface area contributed by atoms with Gasteiger partial charge in [-0.2, -0.15) is 0 Å². The predicted octanol–water partition coefficient (Wildman–Crippen LogP) is 4.12. The Morgan fingerprint density at radius 3 is 2.26 bits per heavy atom. The highest BCUT2D eigenvalue weighted by Gasteiger charge is 2.31. The summed E-state index contributed by atoms with van der Waals surface area (Å²) in [5, 5.41) is 10.8. The summed E-state index contributed by atoms with van der Waals surface area (Å²) in [5.74, 6) is -1.75. The van der Waals surface area contributed by atoms with Gasteiger partial charge in [0.25, 0.3) is 5.69 Å². The molecule has 8 nitrogen and oxygen atoms in total. The number of rotatable bonds is 8. The second-order valence-corrected chi connectivity index (χ2v) is 7.70. The molecule has 0 aliphatic carbocycles. The van der Waals surface area contributed by atoms with E-state index < -0.39 is 30.4 Å². The Labute approximate surface area is 154 Å². The summed E-state index contributed by atoms with van der Waals surface area (Å²) in [7, 11) is -1.25. The number of non-ortho nitro benzene ring substituents is 1. The molecule has 0 radical (unpaired) electrons. The van der Waals surface area contributed by atoms with E-state index >= 15 is 0 Å². The SMILES string of the molecule is COP(=O)(C[C@@H](OC(=O)c1ccccc1F)c1ccc([N+](=O)[O-])cc1)OC. The lowest BCUT2D eigenvalue weighted by atomic mass is 10.1. The molecule has 0 aliphatic heterocycles. The number of carbonyl (C=O) groups excluding carboxylic acids is 1. The van der Waals surface area contributed by atoms with E-state index in [1.54, 1.807) is 0 Å². The summed E-state index contributed by atoms with van der Waals surface area (Å²) < 4.78 is 41.4. The zero-order valence-corrected chi connectivity index (χ0v) is 15.4. The van der Waals surface area contributed by atoms with Gasteiger partial charge >= 0.3 is 13.6 Å². The lowest BCUT2D eigenvalue weighted by Crippen LogP contribution is -2.17. The van der Waals surface area contributed by atoms with Crippen LogP contribution >= 0.6 is 7.60 Å². The molecule has 0 fully saturated rings. The van der Waals surface area contributed by atoms with Crippen molar-refractivity contribution in [3.63, 3.8) is 0 Å². The van der Waals surface area contributed by atoms with Crippen molar-refractivity contribution in [1.29, 1.82) is 0 Å². The first-order chi connectivity index (χ1) is 12.8. The first-order valence-electron chi connectivity index (χ1n) is 7.70. The monoisotopic (exact) mass is 397 g/mol. The zero-order valence-electron chi connectivity index (χ0n) is 14.5. The van der Waals surface area contributed by atoms with Crippen LogP contribution in [0.4, 0.5) is 10.1 Å². The normalized spacial score (nSPS) is 12.4.